The second-order valence-electron chi connectivity index (χ2n) is 4.83. The zero-order chi connectivity index (χ0) is 16.7. The number of aromatic hydroxyl groups is 1. The number of hydrogen-bond acceptors (Lipinski definition) is 5. The van der Waals surface area contributed by atoms with Crippen LogP contribution in [0.4, 0.5) is 0 Å². The molecule has 0 unspecified atom stereocenters. The minimum Gasteiger partial charge on any atom is -0.508 e. The highest BCUT2D eigenvalue weighted by molar-refractivity contribution is 5.91. The van der Waals surface area contributed by atoms with Gasteiger partial charge in [0.15, 0.2) is 0 Å². The molecule has 22 heavy (non-hydrogen) atoms. The molecule has 0 aromatic heterocycles. The lowest BCUT2D eigenvalue weighted by Gasteiger charge is -2.19. The Balaban J connectivity index is 2.80. The summed E-state index contributed by atoms with van der Waals surface area (Å²) in [5.41, 5.74) is 6.14. The average Bonchev–Trinajstić information content (AvgIpc) is 2.46. The monoisotopic (exact) mass is 309 g/mol. The van der Waals surface area contributed by atoms with E-state index >= 15 is 0 Å². The number of carbonyl (C=O) groups is 3. The summed E-state index contributed by atoms with van der Waals surface area (Å²) in [6, 6.07) is 4.36. The van der Waals surface area contributed by atoms with Crippen molar-refractivity contribution >= 4 is 17.8 Å². The van der Waals surface area contributed by atoms with Crippen LogP contribution in [0.25, 0.3) is 0 Å². The van der Waals surface area contributed by atoms with Gasteiger partial charge >= 0.3 is 5.97 Å². The summed E-state index contributed by atoms with van der Waals surface area (Å²) in [5, 5.41) is 22.5. The summed E-state index contributed by atoms with van der Waals surface area (Å²) >= 11 is 0. The Bertz CT molecular complexity index is 542. The molecule has 2 atom stereocenters. The number of hydrogen-bond donors (Lipinski definition) is 5. The van der Waals surface area contributed by atoms with Gasteiger partial charge in [0.2, 0.25) is 11.8 Å². The SMILES string of the molecule is C[C@H](N)C(=O)N[C@@H](Cc1ccc(O)cc1)C(=O)NCC(=O)O. The molecule has 8 nitrogen and oxygen atoms in total. The van der Waals surface area contributed by atoms with E-state index in [2.05, 4.69) is 10.6 Å². The van der Waals surface area contributed by atoms with E-state index in [4.69, 9.17) is 10.8 Å². The first-order chi connectivity index (χ1) is 10.3. The molecule has 1 aromatic carbocycles. The van der Waals surface area contributed by atoms with Gasteiger partial charge in [0, 0.05) is 6.42 Å². The van der Waals surface area contributed by atoms with E-state index in [1.165, 1.54) is 19.1 Å². The summed E-state index contributed by atoms with van der Waals surface area (Å²) in [4.78, 5) is 34.2. The standard InChI is InChI=1S/C14H19N3O5/c1-8(15)13(21)17-11(14(22)16-7-12(19)20)6-9-2-4-10(18)5-3-9/h2-5,8,11,18H,6-7,15H2,1H3,(H,16,22)(H,17,21)(H,19,20)/t8-,11-/m0/s1. The molecular formula is C14H19N3O5. The molecule has 0 aliphatic rings. The van der Waals surface area contributed by atoms with Gasteiger partial charge in [-0.25, -0.2) is 0 Å². The fraction of sp³-hybridized carbons (Fsp3) is 0.357. The van der Waals surface area contributed by atoms with Crippen LogP contribution in [0.15, 0.2) is 24.3 Å². The molecule has 0 spiro atoms. The predicted molar refractivity (Wildman–Crippen MR) is 78.0 cm³/mol. The van der Waals surface area contributed by atoms with Crippen molar-refractivity contribution in [3.05, 3.63) is 29.8 Å². The van der Waals surface area contributed by atoms with Crippen LogP contribution in [0.3, 0.4) is 0 Å². The summed E-state index contributed by atoms with van der Waals surface area (Å²) < 4.78 is 0. The van der Waals surface area contributed by atoms with Gasteiger partial charge < -0.3 is 26.6 Å². The maximum atomic E-state index is 12.0. The lowest BCUT2D eigenvalue weighted by molar-refractivity contribution is -0.138. The van der Waals surface area contributed by atoms with E-state index in [1.807, 2.05) is 0 Å². The summed E-state index contributed by atoms with van der Waals surface area (Å²) in [7, 11) is 0. The van der Waals surface area contributed by atoms with Gasteiger partial charge in [-0.2, -0.15) is 0 Å². The minimum absolute atomic E-state index is 0.0789. The van der Waals surface area contributed by atoms with Crippen molar-refractivity contribution in [3.8, 4) is 5.75 Å². The van der Waals surface area contributed by atoms with E-state index in [0.29, 0.717) is 5.56 Å². The maximum Gasteiger partial charge on any atom is 0.322 e. The van der Waals surface area contributed by atoms with Crippen LogP contribution in [0.1, 0.15) is 12.5 Å². The Morgan fingerprint density at radius 2 is 1.77 bits per heavy atom. The topological polar surface area (TPSA) is 142 Å². The number of phenolic OH excluding ortho intramolecular Hbond substituents is 1. The Kier molecular flexibility index (Phi) is 6.33. The molecule has 0 bridgehead atoms. The van der Waals surface area contributed by atoms with Crippen LogP contribution in [0, 0.1) is 0 Å². The molecule has 0 fully saturated rings. The van der Waals surface area contributed by atoms with Crippen LogP contribution in [0.5, 0.6) is 5.75 Å². The second kappa shape index (κ2) is 7.99. The first kappa shape index (κ1) is 17.4. The molecule has 1 rings (SSSR count). The highest BCUT2D eigenvalue weighted by Crippen LogP contribution is 2.11. The molecule has 0 aliphatic heterocycles. The Morgan fingerprint density at radius 1 is 1.18 bits per heavy atom. The van der Waals surface area contributed by atoms with Crippen molar-refractivity contribution in [1.29, 1.82) is 0 Å². The van der Waals surface area contributed by atoms with E-state index in [0.717, 1.165) is 0 Å². The number of rotatable bonds is 7. The van der Waals surface area contributed by atoms with E-state index in [1.54, 1.807) is 12.1 Å². The van der Waals surface area contributed by atoms with Gasteiger partial charge in [-0.15, -0.1) is 0 Å². The van der Waals surface area contributed by atoms with Crippen molar-refractivity contribution in [3.63, 3.8) is 0 Å². The molecule has 6 N–H and O–H groups in total. The van der Waals surface area contributed by atoms with Crippen molar-refractivity contribution in [2.45, 2.75) is 25.4 Å². The third kappa shape index (κ3) is 5.80. The first-order valence-corrected chi connectivity index (χ1v) is 6.63. The molecular weight excluding hydrogens is 290 g/mol. The number of carboxylic acid groups (broad SMARTS) is 1. The third-order valence-corrected chi connectivity index (χ3v) is 2.84. The Hall–Kier alpha value is -2.61. The molecule has 2 amide bonds. The van der Waals surface area contributed by atoms with Gasteiger partial charge in [-0.3, -0.25) is 14.4 Å². The zero-order valence-corrected chi connectivity index (χ0v) is 12.1. The van der Waals surface area contributed by atoms with Crippen LogP contribution >= 0.6 is 0 Å². The van der Waals surface area contributed by atoms with Gasteiger partial charge in [-0.1, -0.05) is 12.1 Å². The normalized spacial score (nSPS) is 13.0. The quantitative estimate of drug-likeness (QED) is 0.436. The predicted octanol–water partition coefficient (Wildman–Crippen LogP) is -1.03. The maximum absolute atomic E-state index is 12.0. The van der Waals surface area contributed by atoms with Crippen molar-refractivity contribution < 1.29 is 24.6 Å². The Morgan fingerprint density at radius 3 is 2.27 bits per heavy atom. The molecule has 8 heteroatoms. The number of benzene rings is 1. The zero-order valence-electron chi connectivity index (χ0n) is 12.1. The summed E-state index contributed by atoms with van der Waals surface area (Å²) in [6.45, 7) is 0.932. The number of carbonyl (C=O) groups excluding carboxylic acids is 2. The number of carboxylic acids is 1. The van der Waals surface area contributed by atoms with Crippen molar-refractivity contribution in [2.24, 2.45) is 5.73 Å². The molecule has 0 radical (unpaired) electrons. The molecule has 1 aromatic rings. The first-order valence-electron chi connectivity index (χ1n) is 6.63. The van der Waals surface area contributed by atoms with E-state index in [9.17, 15) is 19.5 Å². The number of phenols is 1. The number of amides is 2. The van der Waals surface area contributed by atoms with Crippen LogP contribution in [0.2, 0.25) is 0 Å². The van der Waals surface area contributed by atoms with E-state index in [-0.39, 0.29) is 12.2 Å². The fourth-order valence-electron chi connectivity index (χ4n) is 1.67. The number of nitrogens with one attached hydrogen (secondary N) is 2. The smallest absolute Gasteiger partial charge is 0.322 e. The Labute approximate surface area is 127 Å². The molecule has 0 heterocycles. The minimum atomic E-state index is -1.18. The summed E-state index contributed by atoms with van der Waals surface area (Å²) in [5.74, 6) is -2.25. The van der Waals surface area contributed by atoms with Crippen LogP contribution in [-0.4, -0.2) is 46.6 Å². The lowest BCUT2D eigenvalue weighted by Crippen LogP contribution is -2.52. The van der Waals surface area contributed by atoms with Crippen molar-refractivity contribution in [2.75, 3.05) is 6.54 Å². The molecule has 120 valence electrons. The third-order valence-electron chi connectivity index (χ3n) is 2.84. The van der Waals surface area contributed by atoms with E-state index < -0.39 is 36.4 Å². The number of aliphatic carboxylic acids is 1. The largest absolute Gasteiger partial charge is 0.508 e. The van der Waals surface area contributed by atoms with Gasteiger partial charge in [0.25, 0.3) is 0 Å². The van der Waals surface area contributed by atoms with Gasteiger partial charge in [0.1, 0.15) is 18.3 Å². The molecule has 0 saturated carbocycles. The lowest BCUT2D eigenvalue weighted by atomic mass is 10.0. The second-order valence-corrected chi connectivity index (χ2v) is 4.83. The summed E-state index contributed by atoms with van der Waals surface area (Å²) in [6.07, 6.45) is 0.143. The molecule has 0 aliphatic carbocycles. The molecule has 0 saturated heterocycles. The van der Waals surface area contributed by atoms with Gasteiger partial charge in [0.05, 0.1) is 6.04 Å². The number of nitrogens with two attached hydrogens (primary N) is 1. The van der Waals surface area contributed by atoms with Crippen molar-refractivity contribution in [1.82, 2.24) is 10.6 Å². The fourth-order valence-corrected chi connectivity index (χ4v) is 1.67. The highest BCUT2D eigenvalue weighted by Gasteiger charge is 2.23. The average molecular weight is 309 g/mol. The highest BCUT2D eigenvalue weighted by atomic mass is 16.4. The van der Waals surface area contributed by atoms with Crippen LogP contribution < -0.4 is 16.4 Å². The van der Waals surface area contributed by atoms with Crippen LogP contribution in [-0.2, 0) is 20.8 Å². The van der Waals surface area contributed by atoms with Gasteiger partial charge in [-0.05, 0) is 24.6 Å².